The minimum atomic E-state index is 0.0504. The first-order valence-corrected chi connectivity index (χ1v) is 21.9. The van der Waals surface area contributed by atoms with Crippen LogP contribution in [0.1, 0.15) is 265 Å². The second kappa shape index (κ2) is 40.6. The summed E-state index contributed by atoms with van der Waals surface area (Å²) in [6.07, 6.45) is 51.7. The Morgan fingerprint density at radius 2 is 0.587 bits per heavy atom. The van der Waals surface area contributed by atoms with Crippen LogP contribution >= 0.6 is 0 Å². The molecule has 0 radical (unpaired) electrons. The largest absolute Gasteiger partial charge is 0.465 e. The molecule has 0 heterocycles. The van der Waals surface area contributed by atoms with Crippen LogP contribution in [0.15, 0.2) is 0 Å². The smallest absolute Gasteiger partial charge is 0.305 e. The van der Waals surface area contributed by atoms with Gasteiger partial charge in [0.25, 0.3) is 0 Å². The topological polar surface area (TPSA) is 26.3 Å². The van der Waals surface area contributed by atoms with E-state index in [-0.39, 0.29) is 5.97 Å². The lowest BCUT2D eigenvalue weighted by Crippen LogP contribution is -2.14. The Balaban J connectivity index is 3.93. The van der Waals surface area contributed by atoms with Crippen molar-refractivity contribution in [2.24, 2.45) is 5.92 Å². The number of hydrogen-bond donors (Lipinski definition) is 0. The Kier molecular flexibility index (Phi) is 40.2. The number of carbonyl (C=O) groups is 1. The lowest BCUT2D eigenvalue weighted by Gasteiger charge is -2.17. The second-order valence-electron chi connectivity index (χ2n) is 15.2. The van der Waals surface area contributed by atoms with Crippen LogP contribution in [0.5, 0.6) is 0 Å². The third kappa shape index (κ3) is 37.9. The van der Waals surface area contributed by atoms with Gasteiger partial charge in [0.15, 0.2) is 0 Å². The fourth-order valence-corrected chi connectivity index (χ4v) is 7.08. The van der Waals surface area contributed by atoms with Crippen LogP contribution in [0, 0.1) is 5.92 Å². The molecular weight excluding hydrogens is 560 g/mol. The molecule has 2 heteroatoms. The van der Waals surface area contributed by atoms with Crippen molar-refractivity contribution >= 4 is 5.97 Å². The molecular formula is C44H88O2. The molecule has 0 fully saturated rings. The Bertz CT molecular complexity index is 558. The van der Waals surface area contributed by atoms with E-state index in [0.29, 0.717) is 18.9 Å². The van der Waals surface area contributed by atoms with Crippen molar-refractivity contribution in [2.45, 2.75) is 265 Å². The first-order chi connectivity index (χ1) is 22.7. The molecule has 0 spiro atoms. The van der Waals surface area contributed by atoms with Gasteiger partial charge in [-0.2, -0.15) is 0 Å². The van der Waals surface area contributed by atoms with Gasteiger partial charge in [0.05, 0.1) is 6.61 Å². The predicted molar refractivity (Wildman–Crippen MR) is 207 cm³/mol. The first kappa shape index (κ1) is 45.5. The Hall–Kier alpha value is -0.530. The van der Waals surface area contributed by atoms with E-state index in [1.54, 1.807) is 0 Å². The maximum Gasteiger partial charge on any atom is 0.305 e. The highest BCUT2D eigenvalue weighted by Crippen LogP contribution is 2.21. The molecule has 1 atom stereocenters. The fourth-order valence-electron chi connectivity index (χ4n) is 7.08. The molecule has 0 aliphatic heterocycles. The third-order valence-corrected chi connectivity index (χ3v) is 10.4. The molecule has 0 amide bonds. The minimum Gasteiger partial charge on any atom is -0.465 e. The maximum atomic E-state index is 12.4. The Morgan fingerprint density at radius 1 is 0.348 bits per heavy atom. The fraction of sp³-hybridized carbons (Fsp3) is 0.977. The number of esters is 1. The van der Waals surface area contributed by atoms with E-state index in [1.165, 1.54) is 231 Å². The van der Waals surface area contributed by atoms with E-state index in [4.69, 9.17) is 4.74 Å². The van der Waals surface area contributed by atoms with Crippen LogP contribution in [0.3, 0.4) is 0 Å². The third-order valence-electron chi connectivity index (χ3n) is 10.4. The highest BCUT2D eigenvalue weighted by Gasteiger charge is 2.12. The van der Waals surface area contributed by atoms with E-state index >= 15 is 0 Å². The number of hydrogen-bond acceptors (Lipinski definition) is 2. The zero-order valence-electron chi connectivity index (χ0n) is 32.5. The van der Waals surface area contributed by atoms with E-state index < -0.39 is 0 Å². The van der Waals surface area contributed by atoms with Gasteiger partial charge in [-0.1, -0.05) is 239 Å². The van der Waals surface area contributed by atoms with E-state index in [2.05, 4.69) is 20.8 Å². The molecule has 0 aromatic rings. The predicted octanol–water partition coefficient (Wildman–Crippen LogP) is 16.0. The highest BCUT2D eigenvalue weighted by atomic mass is 16.5. The molecule has 0 aromatic carbocycles. The van der Waals surface area contributed by atoms with Crippen molar-refractivity contribution in [1.29, 1.82) is 0 Å². The van der Waals surface area contributed by atoms with Gasteiger partial charge in [0.1, 0.15) is 0 Å². The summed E-state index contributed by atoms with van der Waals surface area (Å²) in [5.41, 5.74) is 0. The monoisotopic (exact) mass is 649 g/mol. The quantitative estimate of drug-likeness (QED) is 0.0488. The van der Waals surface area contributed by atoms with Crippen LogP contribution in [-0.4, -0.2) is 12.6 Å². The van der Waals surface area contributed by atoms with Crippen molar-refractivity contribution in [1.82, 2.24) is 0 Å². The molecule has 0 saturated heterocycles. The van der Waals surface area contributed by atoms with Crippen LogP contribution in [0.4, 0.5) is 0 Å². The molecule has 0 aliphatic rings. The molecule has 0 rings (SSSR count). The molecule has 0 aliphatic carbocycles. The average molecular weight is 649 g/mol. The van der Waals surface area contributed by atoms with Gasteiger partial charge in [-0.05, 0) is 25.2 Å². The summed E-state index contributed by atoms with van der Waals surface area (Å²) in [7, 11) is 0. The SMILES string of the molecule is CCCCCCCCCCCCCCCCCC[C@@H](CCCCCCCCCCCCCCCC)COC(=O)CCCCCCC. The first-order valence-electron chi connectivity index (χ1n) is 21.9. The molecule has 0 saturated carbocycles. The van der Waals surface area contributed by atoms with E-state index in [0.717, 1.165) is 6.42 Å². The van der Waals surface area contributed by atoms with Gasteiger partial charge in [-0.15, -0.1) is 0 Å². The molecule has 276 valence electrons. The lowest BCUT2D eigenvalue weighted by atomic mass is 9.94. The molecule has 0 N–H and O–H groups in total. The average Bonchev–Trinajstić information content (AvgIpc) is 3.06. The molecule has 0 aromatic heterocycles. The van der Waals surface area contributed by atoms with Gasteiger partial charge in [-0.25, -0.2) is 0 Å². The van der Waals surface area contributed by atoms with Crippen molar-refractivity contribution < 1.29 is 9.53 Å². The summed E-state index contributed by atoms with van der Waals surface area (Å²) < 4.78 is 5.82. The van der Waals surface area contributed by atoms with Crippen molar-refractivity contribution in [2.75, 3.05) is 6.61 Å². The van der Waals surface area contributed by atoms with Crippen LogP contribution in [0.2, 0.25) is 0 Å². The van der Waals surface area contributed by atoms with Gasteiger partial charge in [0, 0.05) is 6.42 Å². The van der Waals surface area contributed by atoms with Crippen molar-refractivity contribution in [3.8, 4) is 0 Å². The van der Waals surface area contributed by atoms with Crippen molar-refractivity contribution in [3.05, 3.63) is 0 Å². The summed E-state index contributed by atoms with van der Waals surface area (Å²) in [5.74, 6) is 0.627. The standard InChI is InChI=1S/C44H88O2/c1-4-7-10-13-15-17-19-21-23-24-26-28-30-32-35-37-40-43(42-46-44(45)41-38-33-12-9-6-3)39-36-34-31-29-27-25-22-20-18-16-14-11-8-5-2/h43H,4-42H2,1-3H3/t43-/m1/s1. The number of ether oxygens (including phenoxy) is 1. The number of rotatable bonds is 40. The molecule has 46 heavy (non-hydrogen) atoms. The Morgan fingerprint density at radius 3 is 0.870 bits per heavy atom. The normalized spacial score (nSPS) is 12.2. The number of carbonyl (C=O) groups excluding carboxylic acids is 1. The second-order valence-corrected chi connectivity index (χ2v) is 15.2. The zero-order valence-corrected chi connectivity index (χ0v) is 32.5. The summed E-state index contributed by atoms with van der Waals surface area (Å²) in [6, 6.07) is 0. The van der Waals surface area contributed by atoms with Gasteiger partial charge in [-0.3, -0.25) is 4.79 Å². The van der Waals surface area contributed by atoms with E-state index in [1.807, 2.05) is 0 Å². The summed E-state index contributed by atoms with van der Waals surface area (Å²) in [4.78, 5) is 12.4. The maximum absolute atomic E-state index is 12.4. The van der Waals surface area contributed by atoms with Gasteiger partial charge in [0.2, 0.25) is 0 Å². The lowest BCUT2D eigenvalue weighted by molar-refractivity contribution is -0.145. The Labute approximate surface area is 292 Å². The van der Waals surface area contributed by atoms with E-state index in [9.17, 15) is 4.79 Å². The molecule has 0 unspecified atom stereocenters. The van der Waals surface area contributed by atoms with Gasteiger partial charge < -0.3 is 4.74 Å². The molecule has 2 nitrogen and oxygen atoms in total. The van der Waals surface area contributed by atoms with Crippen molar-refractivity contribution in [3.63, 3.8) is 0 Å². The van der Waals surface area contributed by atoms with Crippen LogP contribution in [-0.2, 0) is 9.53 Å². The van der Waals surface area contributed by atoms with Crippen LogP contribution in [0.25, 0.3) is 0 Å². The zero-order chi connectivity index (χ0) is 33.4. The minimum absolute atomic E-state index is 0.0504. The highest BCUT2D eigenvalue weighted by molar-refractivity contribution is 5.69. The number of unbranched alkanes of at least 4 members (excludes halogenated alkanes) is 32. The van der Waals surface area contributed by atoms with Gasteiger partial charge >= 0.3 is 5.97 Å². The summed E-state index contributed by atoms with van der Waals surface area (Å²) >= 11 is 0. The summed E-state index contributed by atoms with van der Waals surface area (Å²) in [6.45, 7) is 7.52. The molecule has 0 bridgehead atoms. The summed E-state index contributed by atoms with van der Waals surface area (Å²) in [5, 5.41) is 0. The van der Waals surface area contributed by atoms with Crippen LogP contribution < -0.4 is 0 Å².